The molecule has 0 spiro atoms. The summed E-state index contributed by atoms with van der Waals surface area (Å²) >= 11 is 0. The normalized spacial score (nSPS) is 16.2. The average molecular weight is 531 g/mol. The molecule has 1 fully saturated rings. The fraction of sp³-hybridized carbons (Fsp3) is 0.500. The molecule has 38 heavy (non-hydrogen) atoms. The molecule has 5 nitrogen and oxygen atoms in total. The zero-order chi connectivity index (χ0) is 27.3. The van der Waals surface area contributed by atoms with Crippen molar-refractivity contribution in [3.63, 3.8) is 0 Å². The molecule has 2 aromatic carbocycles. The molecule has 2 aromatic rings. The standard InChI is InChI=1S/C30H37F3N2O3/c1-4-5-21-6-7-24(28(14-21)37-3)19-38-26-10-11-27-20(2)23(9-8-22(27)15-26)16-35-17-25(18-35)29(36)34-13-12-30(31,32)33/h6-7,10-11,14-15,25H,4-5,8-9,12-13,16-19H2,1-3H3,(H,34,36). The van der Waals surface area contributed by atoms with Gasteiger partial charge in [0.25, 0.3) is 0 Å². The molecule has 4 rings (SSSR count). The Labute approximate surface area is 223 Å². The molecule has 0 atom stereocenters. The van der Waals surface area contributed by atoms with Crippen LogP contribution < -0.4 is 14.8 Å². The van der Waals surface area contributed by atoms with Crippen molar-refractivity contribution in [3.8, 4) is 11.5 Å². The van der Waals surface area contributed by atoms with E-state index >= 15 is 0 Å². The predicted molar refractivity (Wildman–Crippen MR) is 142 cm³/mol. The van der Waals surface area contributed by atoms with E-state index in [1.165, 1.54) is 27.8 Å². The Balaban J connectivity index is 1.30. The first-order valence-electron chi connectivity index (χ1n) is 13.3. The molecule has 0 unspecified atom stereocenters. The molecule has 1 aliphatic heterocycles. The lowest BCUT2D eigenvalue weighted by Gasteiger charge is -2.39. The van der Waals surface area contributed by atoms with E-state index in [1.54, 1.807) is 7.11 Å². The molecule has 8 heteroatoms. The number of hydrogen-bond acceptors (Lipinski definition) is 4. The van der Waals surface area contributed by atoms with E-state index in [0.717, 1.165) is 49.3 Å². The number of allylic oxidation sites excluding steroid dienone is 1. The zero-order valence-electron chi connectivity index (χ0n) is 22.4. The fourth-order valence-electron chi connectivity index (χ4n) is 5.21. The number of amides is 1. The molecule has 2 aliphatic rings. The lowest BCUT2D eigenvalue weighted by atomic mass is 9.85. The minimum absolute atomic E-state index is 0.235. The third-order valence-electron chi connectivity index (χ3n) is 7.44. The van der Waals surface area contributed by atoms with Gasteiger partial charge in [0.05, 0.1) is 19.4 Å². The molecule has 1 aliphatic carbocycles. The van der Waals surface area contributed by atoms with E-state index in [1.807, 2.05) is 6.07 Å². The molecule has 0 aromatic heterocycles. The Morgan fingerprint density at radius 2 is 1.92 bits per heavy atom. The first kappa shape index (κ1) is 28.0. The summed E-state index contributed by atoms with van der Waals surface area (Å²) in [4.78, 5) is 14.3. The molecule has 206 valence electrons. The van der Waals surface area contributed by atoms with E-state index in [-0.39, 0.29) is 18.4 Å². The smallest absolute Gasteiger partial charge is 0.390 e. The summed E-state index contributed by atoms with van der Waals surface area (Å²) in [6.07, 6.45) is -1.27. The summed E-state index contributed by atoms with van der Waals surface area (Å²) in [6, 6.07) is 12.5. The number of likely N-dealkylation sites (tertiary alicyclic amines) is 1. The fourth-order valence-corrected chi connectivity index (χ4v) is 5.21. The van der Waals surface area contributed by atoms with Gasteiger partial charge in [-0.05, 0) is 66.6 Å². The first-order chi connectivity index (χ1) is 18.2. The third-order valence-corrected chi connectivity index (χ3v) is 7.44. The van der Waals surface area contributed by atoms with Crippen molar-refractivity contribution >= 4 is 11.5 Å². The Morgan fingerprint density at radius 3 is 2.63 bits per heavy atom. The highest BCUT2D eigenvalue weighted by Gasteiger charge is 2.34. The first-order valence-corrected chi connectivity index (χ1v) is 13.3. The highest BCUT2D eigenvalue weighted by atomic mass is 19.4. The van der Waals surface area contributed by atoms with Gasteiger partial charge in [-0.3, -0.25) is 9.69 Å². The minimum Gasteiger partial charge on any atom is -0.496 e. The highest BCUT2D eigenvalue weighted by Crippen LogP contribution is 2.35. The number of benzene rings is 2. The van der Waals surface area contributed by atoms with E-state index < -0.39 is 12.6 Å². The van der Waals surface area contributed by atoms with Crippen molar-refractivity contribution in [1.82, 2.24) is 10.2 Å². The average Bonchev–Trinajstić information content (AvgIpc) is 2.85. The van der Waals surface area contributed by atoms with Crippen LogP contribution in [-0.4, -0.2) is 50.3 Å². The predicted octanol–water partition coefficient (Wildman–Crippen LogP) is 5.95. The van der Waals surface area contributed by atoms with Gasteiger partial charge >= 0.3 is 6.18 Å². The Bertz CT molecular complexity index is 1170. The number of ether oxygens (including phenoxy) is 2. The molecular weight excluding hydrogens is 493 g/mol. The summed E-state index contributed by atoms with van der Waals surface area (Å²) in [5.41, 5.74) is 7.37. The number of carbonyl (C=O) groups is 1. The number of nitrogens with zero attached hydrogens (tertiary/aromatic N) is 1. The quantitative estimate of drug-likeness (QED) is 0.390. The minimum atomic E-state index is -4.25. The van der Waals surface area contributed by atoms with Gasteiger partial charge < -0.3 is 14.8 Å². The molecule has 1 saturated heterocycles. The van der Waals surface area contributed by atoms with Gasteiger partial charge in [-0.25, -0.2) is 0 Å². The van der Waals surface area contributed by atoms with Crippen LogP contribution in [0.15, 0.2) is 42.0 Å². The largest absolute Gasteiger partial charge is 0.496 e. The van der Waals surface area contributed by atoms with Crippen molar-refractivity contribution in [2.24, 2.45) is 5.92 Å². The van der Waals surface area contributed by atoms with Crippen LogP contribution in [0.1, 0.15) is 55.4 Å². The van der Waals surface area contributed by atoms with Gasteiger partial charge in [0.1, 0.15) is 18.1 Å². The summed E-state index contributed by atoms with van der Waals surface area (Å²) in [7, 11) is 1.69. The van der Waals surface area contributed by atoms with Crippen molar-refractivity contribution < 1.29 is 27.4 Å². The van der Waals surface area contributed by atoms with E-state index in [4.69, 9.17) is 9.47 Å². The molecule has 1 heterocycles. The second-order valence-electron chi connectivity index (χ2n) is 10.3. The maximum Gasteiger partial charge on any atom is 0.390 e. The van der Waals surface area contributed by atoms with Crippen LogP contribution >= 0.6 is 0 Å². The molecular formula is C30H37F3N2O3. The number of halogens is 3. The number of alkyl halides is 3. The second kappa shape index (κ2) is 12.2. The van der Waals surface area contributed by atoms with Crippen LogP contribution in [0.2, 0.25) is 0 Å². The lowest BCUT2D eigenvalue weighted by Crippen LogP contribution is -2.54. The number of methoxy groups -OCH3 is 1. The molecule has 1 N–H and O–H groups in total. The van der Waals surface area contributed by atoms with Crippen molar-refractivity contribution in [1.29, 1.82) is 0 Å². The van der Waals surface area contributed by atoms with Crippen molar-refractivity contribution in [2.45, 2.75) is 58.7 Å². The Morgan fingerprint density at radius 1 is 1.13 bits per heavy atom. The SMILES string of the molecule is CCCc1ccc(COc2ccc3c(c2)CCC(CN2CC(C(=O)NCCC(F)(F)F)C2)=C3C)c(OC)c1. The summed E-state index contributed by atoms with van der Waals surface area (Å²) < 4.78 is 48.6. The highest BCUT2D eigenvalue weighted by molar-refractivity contribution is 5.80. The Hall–Kier alpha value is -3.00. The van der Waals surface area contributed by atoms with E-state index in [0.29, 0.717) is 19.7 Å². The van der Waals surface area contributed by atoms with Crippen LogP contribution in [0.25, 0.3) is 5.57 Å². The third kappa shape index (κ3) is 7.10. The summed E-state index contributed by atoms with van der Waals surface area (Å²) in [5.74, 6) is 1.17. The topological polar surface area (TPSA) is 50.8 Å². The molecule has 0 radical (unpaired) electrons. The Kier molecular flexibility index (Phi) is 9.03. The van der Waals surface area contributed by atoms with Crippen molar-refractivity contribution in [3.05, 3.63) is 64.2 Å². The maximum absolute atomic E-state index is 12.3. The summed E-state index contributed by atoms with van der Waals surface area (Å²) in [6.45, 7) is 6.32. The van der Waals surface area contributed by atoms with E-state index in [9.17, 15) is 18.0 Å². The number of fused-ring (bicyclic) bond motifs is 1. The number of rotatable bonds is 11. The van der Waals surface area contributed by atoms with Crippen LogP contribution in [0.5, 0.6) is 11.5 Å². The number of nitrogens with one attached hydrogen (secondary N) is 1. The van der Waals surface area contributed by atoms with Gasteiger partial charge in [0.2, 0.25) is 5.91 Å². The summed E-state index contributed by atoms with van der Waals surface area (Å²) in [5, 5.41) is 2.41. The number of aryl methyl sites for hydroxylation is 2. The van der Waals surface area contributed by atoms with E-state index in [2.05, 4.69) is 54.4 Å². The second-order valence-corrected chi connectivity index (χ2v) is 10.3. The van der Waals surface area contributed by atoms with Gasteiger partial charge in [0.15, 0.2) is 0 Å². The van der Waals surface area contributed by atoms with Crippen LogP contribution in [0.4, 0.5) is 13.2 Å². The van der Waals surface area contributed by atoms with Crippen molar-refractivity contribution in [2.75, 3.05) is 33.3 Å². The van der Waals surface area contributed by atoms with Crippen LogP contribution in [-0.2, 0) is 24.2 Å². The maximum atomic E-state index is 12.3. The van der Waals surface area contributed by atoms with Gasteiger partial charge in [-0.2, -0.15) is 13.2 Å². The van der Waals surface area contributed by atoms with Crippen LogP contribution in [0, 0.1) is 5.92 Å². The van der Waals surface area contributed by atoms with Gasteiger partial charge in [-0.1, -0.05) is 37.1 Å². The van der Waals surface area contributed by atoms with Gasteiger partial charge in [0, 0.05) is 31.7 Å². The molecule has 1 amide bonds. The monoisotopic (exact) mass is 530 g/mol. The molecule has 0 saturated carbocycles. The zero-order valence-corrected chi connectivity index (χ0v) is 22.4. The lowest BCUT2D eigenvalue weighted by molar-refractivity contribution is -0.138. The number of hydrogen-bond donors (Lipinski definition) is 1. The van der Waals surface area contributed by atoms with Crippen LogP contribution in [0.3, 0.4) is 0 Å². The number of carbonyl (C=O) groups excluding carboxylic acids is 1. The van der Waals surface area contributed by atoms with Gasteiger partial charge in [-0.15, -0.1) is 0 Å². The molecule has 0 bridgehead atoms.